The summed E-state index contributed by atoms with van der Waals surface area (Å²) in [5.41, 5.74) is -0.672. The maximum absolute atomic E-state index is 13.1. The summed E-state index contributed by atoms with van der Waals surface area (Å²) in [6.45, 7) is 1.81. The largest absolute Gasteiger partial charge is 0.492 e. The molecule has 2 saturated heterocycles. The van der Waals surface area contributed by atoms with E-state index in [0.29, 0.717) is 17.1 Å². The summed E-state index contributed by atoms with van der Waals surface area (Å²) >= 11 is 3.03. The quantitative estimate of drug-likeness (QED) is 0.280. The van der Waals surface area contributed by atoms with Crippen molar-refractivity contribution in [3.63, 3.8) is 0 Å². The number of thioether (sulfide) groups is 2. The summed E-state index contributed by atoms with van der Waals surface area (Å²) < 4.78 is 11.2. The predicted molar refractivity (Wildman–Crippen MR) is 150 cm³/mol. The molecule has 0 saturated carbocycles. The molecule has 9 nitrogen and oxygen atoms in total. The van der Waals surface area contributed by atoms with Gasteiger partial charge in [0.05, 0.1) is 6.42 Å². The number of amides is 2. The Morgan fingerprint density at radius 1 is 1.18 bits per heavy atom. The number of fused-ring (bicyclic) bond motifs is 2. The molecule has 204 valence electrons. The van der Waals surface area contributed by atoms with E-state index in [1.54, 1.807) is 36.0 Å². The molecule has 0 spiro atoms. The number of ether oxygens (including phenoxy) is 1. The van der Waals surface area contributed by atoms with Gasteiger partial charge in [0.2, 0.25) is 11.8 Å². The Labute approximate surface area is 233 Å². The van der Waals surface area contributed by atoms with Crippen LogP contribution in [0.2, 0.25) is 0 Å². The number of nitrogens with zero attached hydrogens (tertiary/aromatic N) is 1. The third-order valence-electron chi connectivity index (χ3n) is 7.03. The van der Waals surface area contributed by atoms with Gasteiger partial charge in [0.25, 0.3) is 0 Å². The first-order valence-electron chi connectivity index (χ1n) is 12.6. The standard InChI is InChI=1S/C28H28N2O7S2/c1-2-38-14-21-28(27(34)35,16-36-19-10-8-18-9-11-23(32)37-20(18)13-19)15-30-25(33)24(26(30)39-21)29-22(31)12-17-6-4-3-5-7-17/h3-11,13,21,24,26H,2,12,14-16H2,1H3,(H,29,31)(H,34,35)/t21-,24+,26+,28?/m0/s1. The van der Waals surface area contributed by atoms with Crippen LogP contribution in [0.5, 0.6) is 5.75 Å². The van der Waals surface area contributed by atoms with Crippen LogP contribution in [-0.2, 0) is 20.8 Å². The third-order valence-corrected chi connectivity index (χ3v) is 9.97. The molecule has 2 aliphatic rings. The summed E-state index contributed by atoms with van der Waals surface area (Å²) in [5.74, 6) is 0.127. The highest BCUT2D eigenvalue weighted by atomic mass is 32.2. The second-order valence-corrected chi connectivity index (χ2v) is 12.2. The van der Waals surface area contributed by atoms with E-state index in [0.717, 1.165) is 16.7 Å². The average molecular weight is 569 g/mol. The van der Waals surface area contributed by atoms with E-state index in [4.69, 9.17) is 9.15 Å². The van der Waals surface area contributed by atoms with Crippen molar-refractivity contribution >= 4 is 52.3 Å². The van der Waals surface area contributed by atoms with Crippen LogP contribution >= 0.6 is 23.5 Å². The van der Waals surface area contributed by atoms with Gasteiger partial charge in [-0.1, -0.05) is 37.3 Å². The molecule has 1 aromatic heterocycles. The fraction of sp³-hybridized carbons (Fsp3) is 0.357. The Kier molecular flexibility index (Phi) is 7.90. The van der Waals surface area contributed by atoms with Crippen molar-refractivity contribution in [1.29, 1.82) is 0 Å². The van der Waals surface area contributed by atoms with E-state index in [9.17, 15) is 24.3 Å². The number of carboxylic acids is 1. The number of rotatable bonds is 10. The molecule has 2 N–H and O–H groups in total. The van der Waals surface area contributed by atoms with Gasteiger partial charge in [-0.2, -0.15) is 11.8 Å². The van der Waals surface area contributed by atoms with Gasteiger partial charge in [0.1, 0.15) is 34.8 Å². The fourth-order valence-corrected chi connectivity index (χ4v) is 7.74. The first kappa shape index (κ1) is 27.1. The summed E-state index contributed by atoms with van der Waals surface area (Å²) in [4.78, 5) is 51.7. The Bertz CT molecular complexity index is 1450. The van der Waals surface area contributed by atoms with Gasteiger partial charge in [-0.05, 0) is 29.5 Å². The Morgan fingerprint density at radius 2 is 1.95 bits per heavy atom. The number of carbonyl (C=O) groups excluding carboxylic acids is 2. The lowest BCUT2D eigenvalue weighted by Gasteiger charge is -2.56. The first-order chi connectivity index (χ1) is 18.8. The molecule has 3 heterocycles. The lowest BCUT2D eigenvalue weighted by molar-refractivity contribution is -0.162. The van der Waals surface area contributed by atoms with Crippen molar-refractivity contribution in [3.05, 3.63) is 76.6 Å². The van der Waals surface area contributed by atoms with Gasteiger partial charge in [-0.25, -0.2) is 4.79 Å². The lowest BCUT2D eigenvalue weighted by atomic mass is 9.82. The zero-order chi connectivity index (χ0) is 27.6. The molecule has 1 unspecified atom stereocenters. The molecule has 3 aromatic rings. The van der Waals surface area contributed by atoms with Gasteiger partial charge >= 0.3 is 11.6 Å². The van der Waals surface area contributed by atoms with Crippen molar-refractivity contribution in [2.45, 2.75) is 30.0 Å². The topological polar surface area (TPSA) is 126 Å². The molecule has 0 aliphatic carbocycles. The number of carbonyl (C=O) groups is 3. The zero-order valence-corrected chi connectivity index (χ0v) is 22.8. The number of β-lactam (4-membered cyclic amide) rings is 1. The zero-order valence-electron chi connectivity index (χ0n) is 21.2. The Balaban J connectivity index is 1.33. The molecule has 11 heteroatoms. The summed E-state index contributed by atoms with van der Waals surface area (Å²) in [5, 5.41) is 13.3. The Morgan fingerprint density at radius 3 is 2.69 bits per heavy atom. The van der Waals surface area contributed by atoms with Crippen molar-refractivity contribution in [3.8, 4) is 5.75 Å². The monoisotopic (exact) mass is 568 g/mol. The van der Waals surface area contributed by atoms with Gasteiger partial charge in [-0.3, -0.25) is 14.4 Å². The summed E-state index contributed by atoms with van der Waals surface area (Å²) in [6.07, 6.45) is 0.163. The van der Waals surface area contributed by atoms with Crippen molar-refractivity contribution in [2.24, 2.45) is 5.41 Å². The number of hydrogen-bond acceptors (Lipinski definition) is 8. The van der Waals surface area contributed by atoms with Gasteiger partial charge in [-0.15, -0.1) is 11.8 Å². The lowest BCUT2D eigenvalue weighted by Crippen LogP contribution is -2.76. The molecular weight excluding hydrogens is 540 g/mol. The molecule has 0 radical (unpaired) electrons. The number of hydrogen-bond donors (Lipinski definition) is 2. The maximum atomic E-state index is 13.1. The highest BCUT2D eigenvalue weighted by Gasteiger charge is 2.61. The van der Waals surface area contributed by atoms with Crippen LogP contribution in [0, 0.1) is 5.41 Å². The van der Waals surface area contributed by atoms with Crippen LogP contribution in [0.25, 0.3) is 11.0 Å². The van der Waals surface area contributed by atoms with Crippen LogP contribution in [0.3, 0.4) is 0 Å². The van der Waals surface area contributed by atoms with Crippen LogP contribution in [0.4, 0.5) is 0 Å². The SMILES string of the molecule is CCSC[C@@H]1S[C@@H]2[C@H](NC(=O)Cc3ccccc3)C(=O)N2CC1(COc1ccc2ccc(=O)oc2c1)C(=O)O. The highest BCUT2D eigenvalue weighted by Crippen LogP contribution is 2.48. The highest BCUT2D eigenvalue weighted by molar-refractivity contribution is 8.03. The van der Waals surface area contributed by atoms with Crippen molar-refractivity contribution < 1.29 is 28.6 Å². The number of carboxylic acid groups (broad SMARTS) is 1. The van der Waals surface area contributed by atoms with E-state index < -0.39 is 23.1 Å². The number of aliphatic carboxylic acids is 1. The molecule has 2 aliphatic heterocycles. The molecular formula is C28H28N2O7S2. The minimum absolute atomic E-state index is 0.0263. The molecule has 2 aromatic carbocycles. The third kappa shape index (κ3) is 5.51. The molecule has 2 fully saturated rings. The van der Waals surface area contributed by atoms with Gasteiger partial charge in [0.15, 0.2) is 0 Å². The van der Waals surface area contributed by atoms with Gasteiger partial charge < -0.3 is 24.5 Å². The molecule has 2 amide bonds. The van der Waals surface area contributed by atoms with Crippen LogP contribution < -0.4 is 15.7 Å². The Hall–Kier alpha value is -3.44. The summed E-state index contributed by atoms with van der Waals surface area (Å²) in [6, 6.07) is 16.6. The molecule has 5 rings (SSSR count). The molecule has 0 bridgehead atoms. The second-order valence-electron chi connectivity index (χ2n) is 9.55. The minimum Gasteiger partial charge on any atom is -0.492 e. The van der Waals surface area contributed by atoms with Crippen molar-refractivity contribution in [1.82, 2.24) is 10.2 Å². The molecule has 39 heavy (non-hydrogen) atoms. The number of benzene rings is 2. The molecule has 4 atom stereocenters. The average Bonchev–Trinajstić information content (AvgIpc) is 2.93. The van der Waals surface area contributed by atoms with Crippen LogP contribution in [0.1, 0.15) is 12.5 Å². The van der Waals surface area contributed by atoms with E-state index in [1.165, 1.54) is 22.7 Å². The fourth-order valence-electron chi connectivity index (χ4n) is 4.86. The van der Waals surface area contributed by atoms with Crippen LogP contribution in [-0.4, -0.2) is 69.1 Å². The minimum atomic E-state index is -1.37. The smallest absolute Gasteiger partial charge is 0.336 e. The van der Waals surface area contributed by atoms with E-state index in [2.05, 4.69) is 5.32 Å². The van der Waals surface area contributed by atoms with E-state index in [-0.39, 0.29) is 42.0 Å². The van der Waals surface area contributed by atoms with Crippen molar-refractivity contribution in [2.75, 3.05) is 24.7 Å². The van der Waals surface area contributed by atoms with E-state index in [1.807, 2.05) is 37.3 Å². The summed E-state index contributed by atoms with van der Waals surface area (Å²) in [7, 11) is 0. The van der Waals surface area contributed by atoms with Gasteiger partial charge in [0, 0.05) is 35.1 Å². The first-order valence-corrected chi connectivity index (χ1v) is 14.7. The maximum Gasteiger partial charge on any atom is 0.336 e. The predicted octanol–water partition coefficient (Wildman–Crippen LogP) is 3.01. The normalized spacial score (nSPS) is 24.1. The second kappa shape index (κ2) is 11.4. The number of nitrogens with one attached hydrogen (secondary N) is 1. The van der Waals surface area contributed by atoms with E-state index >= 15 is 0 Å². The van der Waals surface area contributed by atoms with Crippen LogP contribution in [0.15, 0.2) is 69.9 Å².